The minimum Gasteiger partial charge on any atom is -0.351 e. The molecule has 5 rings (SSSR count). The molecule has 0 saturated heterocycles. The molecule has 1 fully saturated rings. The summed E-state index contributed by atoms with van der Waals surface area (Å²) < 4.78 is 15.4. The van der Waals surface area contributed by atoms with E-state index in [0.717, 1.165) is 42.1 Å². The van der Waals surface area contributed by atoms with Crippen LogP contribution in [0, 0.1) is 5.82 Å². The number of aromatic nitrogens is 1. The summed E-state index contributed by atoms with van der Waals surface area (Å²) >= 11 is 0. The highest BCUT2D eigenvalue weighted by Crippen LogP contribution is 2.34. The third-order valence-corrected chi connectivity index (χ3v) is 6.77. The van der Waals surface area contributed by atoms with Crippen LogP contribution in [-0.2, 0) is 17.9 Å². The summed E-state index contributed by atoms with van der Waals surface area (Å²) in [5, 5.41) is 4.18. The Labute approximate surface area is 180 Å². The first-order valence-electron chi connectivity index (χ1n) is 10.9. The minimum absolute atomic E-state index is 0.127. The molecule has 1 aromatic heterocycles. The summed E-state index contributed by atoms with van der Waals surface area (Å²) in [5.41, 5.74) is 1.27. The molecule has 1 unspecified atom stereocenters. The smallest absolute Gasteiger partial charge is 0.271 e. The lowest BCUT2D eigenvalue weighted by Crippen LogP contribution is -2.64. The van der Waals surface area contributed by atoms with Crippen LogP contribution in [0.5, 0.6) is 0 Å². The van der Waals surface area contributed by atoms with Gasteiger partial charge in [0.25, 0.3) is 5.91 Å². The number of hydrogen-bond acceptors (Lipinski definition) is 2. The van der Waals surface area contributed by atoms with Crippen molar-refractivity contribution in [3.05, 3.63) is 71.7 Å². The van der Waals surface area contributed by atoms with Crippen molar-refractivity contribution >= 4 is 22.7 Å². The van der Waals surface area contributed by atoms with Gasteiger partial charge in [-0.05, 0) is 49.6 Å². The van der Waals surface area contributed by atoms with Gasteiger partial charge in [0, 0.05) is 23.5 Å². The van der Waals surface area contributed by atoms with Gasteiger partial charge >= 0.3 is 0 Å². The number of carbonyl (C=O) groups is 2. The van der Waals surface area contributed by atoms with E-state index in [1.165, 1.54) is 12.1 Å². The topological polar surface area (TPSA) is 54.3 Å². The maximum absolute atomic E-state index is 13.7. The number of para-hydroxylation sites is 1. The predicted octanol–water partition coefficient (Wildman–Crippen LogP) is 4.25. The number of nitrogens with one attached hydrogen (secondary N) is 1. The van der Waals surface area contributed by atoms with E-state index in [2.05, 4.69) is 5.32 Å². The Hall–Kier alpha value is -3.15. The van der Waals surface area contributed by atoms with Gasteiger partial charge < -0.3 is 14.8 Å². The molecule has 2 aromatic carbocycles. The summed E-state index contributed by atoms with van der Waals surface area (Å²) in [7, 11) is 0. The van der Waals surface area contributed by atoms with Crippen molar-refractivity contribution in [2.24, 2.45) is 0 Å². The summed E-state index contributed by atoms with van der Waals surface area (Å²) in [5.74, 6) is -0.635. The van der Waals surface area contributed by atoms with E-state index >= 15 is 0 Å². The van der Waals surface area contributed by atoms with Gasteiger partial charge in [0.15, 0.2) is 0 Å². The van der Waals surface area contributed by atoms with Crippen LogP contribution in [-0.4, -0.2) is 32.9 Å². The van der Waals surface area contributed by atoms with Gasteiger partial charge in [-0.2, -0.15) is 0 Å². The molecule has 2 aliphatic rings. The summed E-state index contributed by atoms with van der Waals surface area (Å²) in [4.78, 5) is 28.9. The van der Waals surface area contributed by atoms with Gasteiger partial charge in [-0.3, -0.25) is 9.59 Å². The van der Waals surface area contributed by atoms with E-state index in [9.17, 15) is 14.0 Å². The molecule has 2 heterocycles. The molecule has 5 nitrogen and oxygen atoms in total. The Bertz CT molecular complexity index is 1150. The van der Waals surface area contributed by atoms with Gasteiger partial charge in [0.2, 0.25) is 5.91 Å². The first-order chi connectivity index (χ1) is 15.0. The summed E-state index contributed by atoms with van der Waals surface area (Å²) in [6.45, 7) is 2.47. The molecule has 0 spiro atoms. The third-order valence-electron chi connectivity index (χ3n) is 6.77. The molecule has 0 radical (unpaired) electrons. The standard InChI is InChI=1S/C25H26FN3O2/c1-25(24(31)27-20-7-3-4-8-20)16-28-21-9-5-2-6-18(21)14-22(28)23(30)29(25)15-17-10-12-19(26)13-11-17/h2,5-6,9-14,20H,3-4,7-8,15-16H2,1H3,(H,27,31). The lowest BCUT2D eigenvalue weighted by molar-refractivity contribution is -0.133. The first kappa shape index (κ1) is 19.8. The van der Waals surface area contributed by atoms with Crippen LogP contribution in [0.1, 0.15) is 48.7 Å². The van der Waals surface area contributed by atoms with Crippen LogP contribution in [0.3, 0.4) is 0 Å². The Kier molecular flexibility index (Phi) is 4.80. The number of carbonyl (C=O) groups excluding carboxylic acids is 2. The number of amides is 2. The Morgan fingerprint density at radius 1 is 1.13 bits per heavy atom. The summed E-state index contributed by atoms with van der Waals surface area (Å²) in [6, 6.07) is 16.0. The molecule has 1 atom stereocenters. The van der Waals surface area contributed by atoms with Gasteiger partial charge in [-0.25, -0.2) is 4.39 Å². The van der Waals surface area contributed by atoms with Crippen molar-refractivity contribution < 1.29 is 14.0 Å². The van der Waals surface area contributed by atoms with Crippen LogP contribution < -0.4 is 5.32 Å². The number of rotatable bonds is 4. The molecule has 0 bridgehead atoms. The zero-order chi connectivity index (χ0) is 21.6. The highest BCUT2D eigenvalue weighted by molar-refractivity contribution is 6.03. The van der Waals surface area contributed by atoms with Crippen molar-refractivity contribution in [2.45, 2.75) is 57.3 Å². The number of benzene rings is 2. The van der Waals surface area contributed by atoms with Crippen LogP contribution in [0.15, 0.2) is 54.6 Å². The van der Waals surface area contributed by atoms with Gasteiger partial charge in [0.05, 0.1) is 6.54 Å². The molecule has 1 N–H and O–H groups in total. The number of halogens is 1. The zero-order valence-electron chi connectivity index (χ0n) is 17.6. The SMILES string of the molecule is CC1(C(=O)NC2CCCC2)Cn2c(cc3ccccc32)C(=O)N1Cc1ccc(F)cc1. The van der Waals surface area contributed by atoms with Crippen LogP contribution in [0.4, 0.5) is 4.39 Å². The van der Waals surface area contributed by atoms with Crippen LogP contribution in [0.2, 0.25) is 0 Å². The van der Waals surface area contributed by atoms with E-state index in [4.69, 9.17) is 0 Å². The Morgan fingerprint density at radius 2 is 1.84 bits per heavy atom. The first-order valence-corrected chi connectivity index (χ1v) is 10.9. The largest absolute Gasteiger partial charge is 0.351 e. The zero-order valence-corrected chi connectivity index (χ0v) is 17.6. The fourth-order valence-electron chi connectivity index (χ4n) is 4.94. The molecule has 1 aliphatic heterocycles. The maximum Gasteiger partial charge on any atom is 0.271 e. The predicted molar refractivity (Wildman–Crippen MR) is 117 cm³/mol. The normalized spacial score (nSPS) is 21.5. The molecule has 1 aliphatic carbocycles. The molecular weight excluding hydrogens is 393 g/mol. The molecule has 1 saturated carbocycles. The minimum atomic E-state index is -1.05. The second-order valence-corrected chi connectivity index (χ2v) is 8.92. The number of fused-ring (bicyclic) bond motifs is 3. The van der Waals surface area contributed by atoms with E-state index in [-0.39, 0.29) is 30.2 Å². The Morgan fingerprint density at radius 3 is 2.58 bits per heavy atom. The van der Waals surface area contributed by atoms with Gasteiger partial charge in [0.1, 0.15) is 17.1 Å². The molecule has 2 amide bonds. The lowest BCUT2D eigenvalue weighted by Gasteiger charge is -2.44. The fraction of sp³-hybridized carbons (Fsp3) is 0.360. The average Bonchev–Trinajstić information content (AvgIpc) is 3.40. The monoisotopic (exact) mass is 419 g/mol. The van der Waals surface area contributed by atoms with E-state index in [0.29, 0.717) is 12.2 Å². The van der Waals surface area contributed by atoms with Crippen molar-refractivity contribution in [1.29, 1.82) is 0 Å². The highest BCUT2D eigenvalue weighted by Gasteiger charge is 2.48. The van der Waals surface area contributed by atoms with Crippen molar-refractivity contribution in [1.82, 2.24) is 14.8 Å². The second-order valence-electron chi connectivity index (χ2n) is 8.92. The molecular formula is C25H26FN3O2. The molecule has 31 heavy (non-hydrogen) atoms. The summed E-state index contributed by atoms with van der Waals surface area (Å²) in [6.07, 6.45) is 4.19. The van der Waals surface area contributed by atoms with E-state index in [1.807, 2.05) is 41.8 Å². The fourth-order valence-corrected chi connectivity index (χ4v) is 4.94. The van der Waals surface area contributed by atoms with Crippen molar-refractivity contribution in [2.75, 3.05) is 0 Å². The highest BCUT2D eigenvalue weighted by atomic mass is 19.1. The lowest BCUT2D eigenvalue weighted by atomic mass is 9.93. The van der Waals surface area contributed by atoms with Crippen molar-refractivity contribution in [3.8, 4) is 0 Å². The van der Waals surface area contributed by atoms with Crippen molar-refractivity contribution in [3.63, 3.8) is 0 Å². The number of hydrogen-bond donors (Lipinski definition) is 1. The average molecular weight is 420 g/mol. The molecule has 6 heteroatoms. The van der Waals surface area contributed by atoms with Gasteiger partial charge in [-0.15, -0.1) is 0 Å². The third kappa shape index (κ3) is 3.40. The second kappa shape index (κ2) is 7.52. The number of nitrogens with zero attached hydrogens (tertiary/aromatic N) is 2. The Balaban J connectivity index is 1.56. The molecule has 160 valence electrons. The maximum atomic E-state index is 13.7. The van der Waals surface area contributed by atoms with E-state index < -0.39 is 5.54 Å². The molecule has 3 aromatic rings. The van der Waals surface area contributed by atoms with Crippen LogP contribution >= 0.6 is 0 Å². The van der Waals surface area contributed by atoms with Gasteiger partial charge in [-0.1, -0.05) is 43.2 Å². The quantitative estimate of drug-likeness (QED) is 0.687. The van der Waals surface area contributed by atoms with Crippen LogP contribution in [0.25, 0.3) is 10.9 Å². The van der Waals surface area contributed by atoms with E-state index in [1.54, 1.807) is 17.0 Å².